The summed E-state index contributed by atoms with van der Waals surface area (Å²) in [4.78, 5) is 14.1. The Labute approximate surface area is 248 Å². The van der Waals surface area contributed by atoms with Crippen LogP contribution in [0.4, 0.5) is 12.0 Å². The van der Waals surface area contributed by atoms with Crippen molar-refractivity contribution in [3.05, 3.63) is 105 Å². The molecule has 1 aliphatic carbocycles. The molecule has 2 unspecified atom stereocenters. The SMILES string of the molecule is Nc1nnc(Cc2c(Cl)cccc2C2CC2(C(=O)Nc2nnc(Cc3ccccc3Cl)o2)c2ccc3c(c2)OCO3)o1. The molecule has 11 nitrogen and oxygen atoms in total. The second kappa shape index (κ2) is 10.3. The standard InChI is InChI=1S/C29H22Cl2N6O5/c30-20-6-2-1-4-15(20)10-24-35-37-28(42-24)33-26(38)29(16-8-9-22-23(11-16)40-14-39-22)13-19(29)17-5-3-7-21(31)18(17)12-25-34-36-27(32)41-25/h1-9,11,19H,10,12-14H2,(H2,32,36)(H,33,37,38). The minimum Gasteiger partial charge on any atom is -0.454 e. The number of anilines is 2. The molecular weight excluding hydrogens is 583 g/mol. The van der Waals surface area contributed by atoms with Gasteiger partial charge in [0.25, 0.3) is 0 Å². The van der Waals surface area contributed by atoms with Gasteiger partial charge in [0.15, 0.2) is 11.5 Å². The van der Waals surface area contributed by atoms with Gasteiger partial charge < -0.3 is 24.0 Å². The first-order valence-electron chi connectivity index (χ1n) is 13.0. The van der Waals surface area contributed by atoms with Crippen molar-refractivity contribution in [3.63, 3.8) is 0 Å². The number of fused-ring (bicyclic) bond motifs is 1. The average molecular weight is 605 g/mol. The highest BCUT2D eigenvalue weighted by atomic mass is 35.5. The van der Waals surface area contributed by atoms with Gasteiger partial charge in [-0.25, -0.2) is 0 Å². The number of carbonyl (C=O) groups excluding carboxylic acids is 1. The second-order valence-electron chi connectivity index (χ2n) is 10.0. The Hall–Kier alpha value is -4.61. The number of carbonyl (C=O) groups is 1. The molecule has 13 heteroatoms. The summed E-state index contributed by atoms with van der Waals surface area (Å²) in [5.74, 6) is 1.25. The number of rotatable bonds is 8. The summed E-state index contributed by atoms with van der Waals surface area (Å²) in [5, 5.41) is 19.8. The predicted molar refractivity (Wildman–Crippen MR) is 152 cm³/mol. The quantitative estimate of drug-likeness (QED) is 0.238. The lowest BCUT2D eigenvalue weighted by Crippen LogP contribution is -2.30. The number of nitrogens with zero attached hydrogens (tertiary/aromatic N) is 4. The van der Waals surface area contributed by atoms with E-state index in [1.807, 2.05) is 42.5 Å². The minimum atomic E-state index is -0.994. The molecule has 0 saturated heterocycles. The summed E-state index contributed by atoms with van der Waals surface area (Å²) in [7, 11) is 0. The van der Waals surface area contributed by atoms with Crippen molar-refractivity contribution in [2.45, 2.75) is 30.6 Å². The molecule has 1 amide bonds. The summed E-state index contributed by atoms with van der Waals surface area (Å²) >= 11 is 12.9. The Kier molecular flexibility index (Phi) is 6.47. The number of hydrogen-bond acceptors (Lipinski definition) is 10. The lowest BCUT2D eigenvalue weighted by molar-refractivity contribution is -0.118. The van der Waals surface area contributed by atoms with Crippen LogP contribution >= 0.6 is 23.2 Å². The van der Waals surface area contributed by atoms with E-state index in [1.165, 1.54) is 0 Å². The maximum atomic E-state index is 14.1. The number of ether oxygens (including phenoxy) is 2. The molecule has 3 aromatic carbocycles. The number of nitrogens with one attached hydrogen (secondary N) is 1. The zero-order chi connectivity index (χ0) is 28.8. The van der Waals surface area contributed by atoms with Gasteiger partial charge in [-0.15, -0.1) is 10.2 Å². The number of benzene rings is 3. The minimum absolute atomic E-state index is 0.0134. The number of hydrogen-bond donors (Lipinski definition) is 2. The highest BCUT2D eigenvalue weighted by Gasteiger charge is 2.62. The fourth-order valence-electron chi connectivity index (χ4n) is 5.48. The molecular formula is C29H22Cl2N6O5. The average Bonchev–Trinajstić information content (AvgIpc) is 3.28. The number of aromatic nitrogens is 4. The molecule has 7 rings (SSSR count). The van der Waals surface area contributed by atoms with Crippen LogP contribution in [0, 0.1) is 0 Å². The maximum Gasteiger partial charge on any atom is 0.322 e. The van der Waals surface area contributed by atoms with Crippen molar-refractivity contribution in [1.29, 1.82) is 0 Å². The summed E-state index contributed by atoms with van der Waals surface area (Å²) in [6, 6.07) is 18.4. The Balaban J connectivity index is 1.22. The van der Waals surface area contributed by atoms with Crippen molar-refractivity contribution in [1.82, 2.24) is 20.4 Å². The fourth-order valence-corrected chi connectivity index (χ4v) is 5.93. The van der Waals surface area contributed by atoms with E-state index in [0.717, 1.165) is 22.3 Å². The van der Waals surface area contributed by atoms with Gasteiger partial charge in [-0.2, -0.15) is 0 Å². The Morgan fingerprint density at radius 3 is 2.52 bits per heavy atom. The van der Waals surface area contributed by atoms with Gasteiger partial charge in [-0.1, -0.05) is 69.8 Å². The van der Waals surface area contributed by atoms with Crippen LogP contribution in [0.5, 0.6) is 11.5 Å². The van der Waals surface area contributed by atoms with Gasteiger partial charge in [-0.3, -0.25) is 10.1 Å². The Morgan fingerprint density at radius 2 is 1.69 bits per heavy atom. The molecule has 0 spiro atoms. The van der Waals surface area contributed by atoms with Gasteiger partial charge in [0.1, 0.15) is 0 Å². The van der Waals surface area contributed by atoms with E-state index in [1.54, 1.807) is 18.2 Å². The smallest absolute Gasteiger partial charge is 0.322 e. The molecule has 0 radical (unpaired) electrons. The lowest BCUT2D eigenvalue weighted by atomic mass is 9.87. The van der Waals surface area contributed by atoms with Gasteiger partial charge >= 0.3 is 12.0 Å². The van der Waals surface area contributed by atoms with Crippen LogP contribution in [0.3, 0.4) is 0 Å². The molecule has 5 aromatic rings. The predicted octanol–water partition coefficient (Wildman–Crippen LogP) is 5.32. The molecule has 2 aromatic heterocycles. The monoisotopic (exact) mass is 604 g/mol. The van der Waals surface area contributed by atoms with Gasteiger partial charge in [0.2, 0.25) is 24.5 Å². The van der Waals surface area contributed by atoms with Crippen LogP contribution < -0.4 is 20.5 Å². The van der Waals surface area contributed by atoms with Crippen LogP contribution in [-0.2, 0) is 23.1 Å². The van der Waals surface area contributed by atoms with Crippen molar-refractivity contribution in [2.75, 3.05) is 17.8 Å². The maximum absolute atomic E-state index is 14.1. The van der Waals surface area contributed by atoms with E-state index in [2.05, 4.69) is 25.7 Å². The Bertz CT molecular complexity index is 1820. The largest absolute Gasteiger partial charge is 0.454 e. The van der Waals surface area contributed by atoms with Crippen molar-refractivity contribution < 1.29 is 23.1 Å². The third-order valence-corrected chi connectivity index (χ3v) is 8.30. The third-order valence-electron chi connectivity index (χ3n) is 7.58. The Morgan fingerprint density at radius 1 is 0.905 bits per heavy atom. The first-order valence-corrected chi connectivity index (χ1v) is 13.8. The number of amides is 1. The highest BCUT2D eigenvalue weighted by Crippen LogP contribution is 2.63. The highest BCUT2D eigenvalue weighted by molar-refractivity contribution is 6.31. The molecule has 0 bridgehead atoms. The topological polar surface area (TPSA) is 151 Å². The van der Waals surface area contributed by atoms with Crippen LogP contribution in [0.15, 0.2) is 69.5 Å². The molecule has 3 N–H and O–H groups in total. The van der Waals surface area contributed by atoms with E-state index in [9.17, 15) is 4.79 Å². The summed E-state index contributed by atoms with van der Waals surface area (Å²) in [5.41, 5.74) is 7.86. The lowest BCUT2D eigenvalue weighted by Gasteiger charge is -2.19. The van der Waals surface area contributed by atoms with E-state index < -0.39 is 5.41 Å². The molecule has 1 saturated carbocycles. The zero-order valence-electron chi connectivity index (χ0n) is 21.8. The van der Waals surface area contributed by atoms with Crippen molar-refractivity contribution >= 4 is 41.1 Å². The molecule has 2 aliphatic rings. The van der Waals surface area contributed by atoms with Crippen molar-refractivity contribution in [3.8, 4) is 11.5 Å². The first kappa shape index (κ1) is 26.3. The third kappa shape index (κ3) is 4.70. The van der Waals surface area contributed by atoms with E-state index >= 15 is 0 Å². The van der Waals surface area contributed by atoms with E-state index in [4.69, 9.17) is 47.2 Å². The van der Waals surface area contributed by atoms with Crippen molar-refractivity contribution in [2.24, 2.45) is 0 Å². The summed E-state index contributed by atoms with van der Waals surface area (Å²) in [6.07, 6.45) is 1.06. The molecule has 2 atom stereocenters. The molecule has 212 valence electrons. The van der Waals surface area contributed by atoms with Gasteiger partial charge in [0, 0.05) is 16.0 Å². The number of halogens is 2. The van der Waals surface area contributed by atoms with E-state index in [0.29, 0.717) is 46.2 Å². The second-order valence-corrected chi connectivity index (χ2v) is 10.9. The van der Waals surface area contributed by atoms with Gasteiger partial charge in [0.05, 0.1) is 18.3 Å². The first-order chi connectivity index (χ1) is 20.4. The van der Waals surface area contributed by atoms with Gasteiger partial charge in [-0.05, 0) is 52.9 Å². The normalized spacial score (nSPS) is 18.7. The molecule has 3 heterocycles. The fraction of sp³-hybridized carbons (Fsp3) is 0.207. The zero-order valence-corrected chi connectivity index (χ0v) is 23.4. The van der Waals surface area contributed by atoms with Crippen LogP contribution in [0.25, 0.3) is 0 Å². The van der Waals surface area contributed by atoms with E-state index in [-0.39, 0.29) is 37.1 Å². The molecule has 42 heavy (non-hydrogen) atoms. The van der Waals surface area contributed by atoms with Crippen LogP contribution in [-0.4, -0.2) is 33.1 Å². The van der Waals surface area contributed by atoms with Crippen LogP contribution in [0.1, 0.15) is 46.4 Å². The summed E-state index contributed by atoms with van der Waals surface area (Å²) < 4.78 is 22.3. The summed E-state index contributed by atoms with van der Waals surface area (Å²) in [6.45, 7) is 0.114. The number of nitrogen functional groups attached to an aromatic ring is 1. The molecule has 1 aliphatic heterocycles. The number of nitrogens with two attached hydrogens (primary N) is 1. The molecule has 1 fully saturated rings. The van der Waals surface area contributed by atoms with Crippen LogP contribution in [0.2, 0.25) is 10.0 Å².